The number of carbonyl (C=O) groups is 1. The molecule has 0 aliphatic carbocycles. The molecule has 1 aliphatic heterocycles. The monoisotopic (exact) mass is 233 g/mol. The molecule has 2 rings (SSSR count). The molecular weight excluding hydrogens is 218 g/mol. The van der Waals surface area contributed by atoms with Crippen molar-refractivity contribution in [2.45, 2.75) is 6.92 Å². The quantitative estimate of drug-likeness (QED) is 0.589. The van der Waals surface area contributed by atoms with E-state index >= 15 is 0 Å². The van der Waals surface area contributed by atoms with Crippen LogP contribution < -0.4 is 4.90 Å². The summed E-state index contributed by atoms with van der Waals surface area (Å²) in [5.41, 5.74) is 1.81. The van der Waals surface area contributed by atoms with Crippen molar-refractivity contribution in [2.24, 2.45) is 5.29 Å². The minimum Gasteiger partial charge on any atom is -0.368 e. The van der Waals surface area contributed by atoms with E-state index < -0.39 is 0 Å². The molecule has 0 radical (unpaired) electrons. The first kappa shape index (κ1) is 11.6. The molecule has 5 heteroatoms. The number of Topliss-reactive ketones (excluding diaryl/α,β-unsaturated/α-hetero) is 1. The molecule has 90 valence electrons. The number of hydrogen-bond donors (Lipinski definition) is 0. The second kappa shape index (κ2) is 4.95. The van der Waals surface area contributed by atoms with Gasteiger partial charge in [0, 0.05) is 24.3 Å². The first-order valence-corrected chi connectivity index (χ1v) is 5.65. The number of benzene rings is 1. The van der Waals surface area contributed by atoms with E-state index in [1.807, 2.05) is 24.3 Å². The lowest BCUT2D eigenvalue weighted by Crippen LogP contribution is -2.43. The number of nitrogens with zero attached hydrogens (tertiary/aromatic N) is 3. The molecule has 0 spiro atoms. The third-order valence-electron chi connectivity index (χ3n) is 3.01. The van der Waals surface area contributed by atoms with Crippen LogP contribution in [0, 0.1) is 4.91 Å². The Morgan fingerprint density at radius 2 is 1.71 bits per heavy atom. The highest BCUT2D eigenvalue weighted by Crippen LogP contribution is 2.17. The zero-order valence-electron chi connectivity index (χ0n) is 9.80. The van der Waals surface area contributed by atoms with E-state index in [0.717, 1.165) is 24.3 Å². The van der Waals surface area contributed by atoms with Gasteiger partial charge in [0.2, 0.25) is 0 Å². The number of anilines is 1. The van der Waals surface area contributed by atoms with Crippen molar-refractivity contribution in [3.8, 4) is 0 Å². The van der Waals surface area contributed by atoms with Crippen molar-refractivity contribution in [1.82, 2.24) is 5.01 Å². The molecule has 0 bridgehead atoms. The van der Waals surface area contributed by atoms with Gasteiger partial charge in [0.25, 0.3) is 0 Å². The maximum absolute atomic E-state index is 11.1. The van der Waals surface area contributed by atoms with Crippen LogP contribution in [0.4, 0.5) is 5.69 Å². The van der Waals surface area contributed by atoms with Gasteiger partial charge in [-0.2, -0.15) is 0 Å². The third-order valence-corrected chi connectivity index (χ3v) is 3.01. The van der Waals surface area contributed by atoms with E-state index in [1.54, 1.807) is 6.92 Å². The molecule has 0 unspecified atom stereocenters. The summed E-state index contributed by atoms with van der Waals surface area (Å²) in [4.78, 5) is 23.7. The standard InChI is InChI=1S/C12H15N3O2/c1-10(16)11-2-4-12(5-3-11)14-6-8-15(13-17)9-7-14/h2-5H,6-9H2,1H3. The van der Waals surface area contributed by atoms with Crippen molar-refractivity contribution >= 4 is 11.5 Å². The van der Waals surface area contributed by atoms with Gasteiger partial charge in [-0.15, -0.1) is 4.91 Å². The van der Waals surface area contributed by atoms with Gasteiger partial charge in [0.05, 0.1) is 18.4 Å². The predicted molar refractivity (Wildman–Crippen MR) is 66.0 cm³/mol. The van der Waals surface area contributed by atoms with E-state index in [0.29, 0.717) is 13.1 Å². The second-order valence-electron chi connectivity index (χ2n) is 4.13. The van der Waals surface area contributed by atoms with E-state index in [1.165, 1.54) is 5.01 Å². The average molecular weight is 233 g/mol. The zero-order valence-corrected chi connectivity index (χ0v) is 9.80. The van der Waals surface area contributed by atoms with Crippen LogP contribution in [0.5, 0.6) is 0 Å². The fraction of sp³-hybridized carbons (Fsp3) is 0.417. The highest BCUT2D eigenvalue weighted by Gasteiger charge is 2.16. The van der Waals surface area contributed by atoms with Gasteiger partial charge in [0.15, 0.2) is 5.78 Å². The Bertz CT molecular complexity index is 408. The first-order chi connectivity index (χ1) is 8.20. The maximum atomic E-state index is 11.1. The van der Waals surface area contributed by atoms with Gasteiger partial charge in [-0.05, 0) is 31.2 Å². The van der Waals surface area contributed by atoms with Crippen molar-refractivity contribution in [1.29, 1.82) is 0 Å². The third kappa shape index (κ3) is 2.61. The number of carbonyl (C=O) groups excluding carboxylic acids is 1. The lowest BCUT2D eigenvalue weighted by atomic mass is 10.1. The smallest absolute Gasteiger partial charge is 0.159 e. The van der Waals surface area contributed by atoms with Crippen LogP contribution in [0.15, 0.2) is 29.6 Å². The van der Waals surface area contributed by atoms with Crippen molar-refractivity contribution < 1.29 is 4.79 Å². The summed E-state index contributed by atoms with van der Waals surface area (Å²) < 4.78 is 0. The van der Waals surface area contributed by atoms with Crippen LogP contribution in [0.3, 0.4) is 0 Å². The van der Waals surface area contributed by atoms with Crippen molar-refractivity contribution in [3.05, 3.63) is 34.7 Å². The number of piperazine rings is 1. The summed E-state index contributed by atoms with van der Waals surface area (Å²) >= 11 is 0. The highest BCUT2D eigenvalue weighted by molar-refractivity contribution is 5.94. The van der Waals surface area contributed by atoms with Crippen LogP contribution >= 0.6 is 0 Å². The molecule has 1 aliphatic rings. The molecule has 5 nitrogen and oxygen atoms in total. The van der Waals surface area contributed by atoms with E-state index in [-0.39, 0.29) is 5.78 Å². The molecule has 1 fully saturated rings. The SMILES string of the molecule is CC(=O)c1ccc(N2CCN(N=O)CC2)cc1. The normalized spacial score (nSPS) is 15.8. The maximum Gasteiger partial charge on any atom is 0.159 e. The fourth-order valence-corrected chi connectivity index (χ4v) is 1.94. The number of rotatable bonds is 3. The number of hydrogen-bond acceptors (Lipinski definition) is 4. The van der Waals surface area contributed by atoms with Gasteiger partial charge in [0.1, 0.15) is 0 Å². The Hall–Kier alpha value is -1.91. The average Bonchev–Trinajstić information content (AvgIpc) is 2.39. The van der Waals surface area contributed by atoms with Crippen LogP contribution in [-0.4, -0.2) is 37.0 Å². The second-order valence-corrected chi connectivity index (χ2v) is 4.13. The fourth-order valence-electron chi connectivity index (χ4n) is 1.94. The number of ketones is 1. The lowest BCUT2D eigenvalue weighted by molar-refractivity contribution is 0.101. The summed E-state index contributed by atoms with van der Waals surface area (Å²) in [6.45, 7) is 4.43. The van der Waals surface area contributed by atoms with Crippen LogP contribution in [-0.2, 0) is 0 Å². The molecular formula is C12H15N3O2. The van der Waals surface area contributed by atoms with Gasteiger partial charge >= 0.3 is 0 Å². The molecule has 0 N–H and O–H groups in total. The summed E-state index contributed by atoms with van der Waals surface area (Å²) in [6, 6.07) is 7.56. The van der Waals surface area contributed by atoms with Gasteiger partial charge in [-0.25, -0.2) is 0 Å². The Balaban J connectivity index is 2.03. The van der Waals surface area contributed by atoms with E-state index in [4.69, 9.17) is 0 Å². The minimum atomic E-state index is 0.0755. The van der Waals surface area contributed by atoms with E-state index in [9.17, 15) is 9.70 Å². The van der Waals surface area contributed by atoms with Crippen LogP contribution in [0.25, 0.3) is 0 Å². The molecule has 0 amide bonds. The van der Waals surface area contributed by atoms with Gasteiger partial charge in [-0.3, -0.25) is 9.80 Å². The molecule has 0 aromatic heterocycles. The molecule has 1 heterocycles. The van der Waals surface area contributed by atoms with Gasteiger partial charge in [-0.1, -0.05) is 0 Å². The Kier molecular flexibility index (Phi) is 3.37. The van der Waals surface area contributed by atoms with Crippen LogP contribution in [0.1, 0.15) is 17.3 Å². The molecule has 0 saturated carbocycles. The first-order valence-electron chi connectivity index (χ1n) is 5.65. The number of nitroso groups, excluding NO2 is 1. The van der Waals surface area contributed by atoms with Gasteiger partial charge < -0.3 is 4.90 Å². The predicted octanol–water partition coefficient (Wildman–Crippen LogP) is 1.69. The molecule has 1 aromatic carbocycles. The van der Waals surface area contributed by atoms with Crippen molar-refractivity contribution in [2.75, 3.05) is 31.1 Å². The Labute approximate surface area is 100.0 Å². The Morgan fingerprint density at radius 1 is 1.12 bits per heavy atom. The summed E-state index contributed by atoms with van der Waals surface area (Å²) in [7, 11) is 0. The summed E-state index contributed by atoms with van der Waals surface area (Å²) in [5.74, 6) is 0.0755. The van der Waals surface area contributed by atoms with Crippen LogP contribution in [0.2, 0.25) is 0 Å². The zero-order chi connectivity index (χ0) is 12.3. The molecule has 1 saturated heterocycles. The largest absolute Gasteiger partial charge is 0.368 e. The summed E-state index contributed by atoms with van der Waals surface area (Å²) in [5, 5.41) is 4.45. The lowest BCUT2D eigenvalue weighted by Gasteiger charge is -2.32. The molecule has 0 atom stereocenters. The Morgan fingerprint density at radius 3 is 2.18 bits per heavy atom. The topological polar surface area (TPSA) is 53.0 Å². The minimum absolute atomic E-state index is 0.0755. The van der Waals surface area contributed by atoms with Crippen molar-refractivity contribution in [3.63, 3.8) is 0 Å². The molecule has 17 heavy (non-hydrogen) atoms. The summed E-state index contributed by atoms with van der Waals surface area (Å²) in [6.07, 6.45) is 0. The highest BCUT2D eigenvalue weighted by atomic mass is 16.3. The molecule has 1 aromatic rings. The van der Waals surface area contributed by atoms with E-state index in [2.05, 4.69) is 10.2 Å².